The highest BCUT2D eigenvalue weighted by atomic mass is 16.6. The number of nitrogens with one attached hydrogen (secondary N) is 1. The van der Waals surface area contributed by atoms with Gasteiger partial charge in [-0.2, -0.15) is 0 Å². The summed E-state index contributed by atoms with van der Waals surface area (Å²) in [4.78, 5) is 13.9. The molecule has 1 aliphatic heterocycles. The molecule has 1 fully saturated rings. The number of benzene rings is 1. The Balaban J connectivity index is 2.17. The molecule has 110 valence electrons. The van der Waals surface area contributed by atoms with Gasteiger partial charge in [0.1, 0.15) is 5.60 Å². The van der Waals surface area contributed by atoms with Gasteiger partial charge in [-0.05, 0) is 25.5 Å². The first kappa shape index (κ1) is 15.0. The number of quaternary nitrogens is 1. The zero-order valence-corrected chi connectivity index (χ0v) is 13.0. The summed E-state index contributed by atoms with van der Waals surface area (Å²) in [5.74, 6) is 0.197. The molecule has 0 amide bonds. The third kappa shape index (κ3) is 2.88. The van der Waals surface area contributed by atoms with Crippen molar-refractivity contribution in [2.45, 2.75) is 45.3 Å². The summed E-state index contributed by atoms with van der Waals surface area (Å²) in [6, 6.07) is 9.82. The maximum atomic E-state index is 12.4. The van der Waals surface area contributed by atoms with E-state index in [4.69, 9.17) is 4.74 Å². The predicted octanol–water partition coefficient (Wildman–Crippen LogP) is 1.94. The van der Waals surface area contributed by atoms with Gasteiger partial charge in [0.2, 0.25) is 0 Å². The molecule has 1 heterocycles. The number of hydrogen-bond donors (Lipinski definition) is 1. The van der Waals surface area contributed by atoms with Gasteiger partial charge in [0.05, 0.1) is 25.2 Å². The highest BCUT2D eigenvalue weighted by Gasteiger charge is 2.47. The lowest BCUT2D eigenvalue weighted by molar-refractivity contribution is -0.915. The van der Waals surface area contributed by atoms with Crippen LogP contribution < -0.4 is 4.90 Å². The Labute approximate surface area is 121 Å². The molecular weight excluding hydrogens is 250 g/mol. The van der Waals surface area contributed by atoms with Gasteiger partial charge < -0.3 is 9.64 Å². The normalized spacial score (nSPS) is 33.7. The largest absolute Gasteiger partial charge is 0.455 e. The molecule has 4 atom stereocenters. The number of carbonyl (C=O) groups is 1. The van der Waals surface area contributed by atoms with E-state index in [1.165, 1.54) is 4.90 Å². The second kappa shape index (κ2) is 5.96. The summed E-state index contributed by atoms with van der Waals surface area (Å²) in [5, 5.41) is 0. The van der Waals surface area contributed by atoms with Gasteiger partial charge >= 0.3 is 5.97 Å². The summed E-state index contributed by atoms with van der Waals surface area (Å²) in [5.41, 5.74) is 0.331. The Kier molecular flexibility index (Phi) is 4.48. The highest BCUT2D eigenvalue weighted by Crippen LogP contribution is 2.33. The molecule has 1 aromatic rings. The molecule has 1 aliphatic rings. The molecule has 1 unspecified atom stereocenters. The van der Waals surface area contributed by atoms with E-state index in [-0.39, 0.29) is 11.6 Å². The maximum Gasteiger partial charge on any atom is 0.338 e. The fourth-order valence-corrected chi connectivity index (χ4v) is 3.29. The van der Waals surface area contributed by atoms with Crippen molar-refractivity contribution in [1.82, 2.24) is 0 Å². The number of rotatable bonds is 3. The van der Waals surface area contributed by atoms with Crippen LogP contribution in [-0.4, -0.2) is 31.2 Å². The van der Waals surface area contributed by atoms with Crippen molar-refractivity contribution in [3.63, 3.8) is 0 Å². The van der Waals surface area contributed by atoms with Crippen molar-refractivity contribution in [3.05, 3.63) is 35.9 Å². The molecule has 2 rings (SSSR count). The maximum absolute atomic E-state index is 12.4. The zero-order chi connectivity index (χ0) is 14.8. The van der Waals surface area contributed by atoms with E-state index in [2.05, 4.69) is 27.8 Å². The quantitative estimate of drug-likeness (QED) is 0.855. The zero-order valence-electron chi connectivity index (χ0n) is 13.0. The number of carbonyl (C=O) groups excluding carboxylic acids is 1. The van der Waals surface area contributed by atoms with Gasteiger partial charge in [-0.3, -0.25) is 0 Å². The van der Waals surface area contributed by atoms with E-state index < -0.39 is 0 Å². The summed E-state index contributed by atoms with van der Waals surface area (Å²) in [6.45, 7) is 7.62. The van der Waals surface area contributed by atoms with E-state index in [0.29, 0.717) is 17.5 Å². The molecule has 3 nitrogen and oxygen atoms in total. The van der Waals surface area contributed by atoms with Gasteiger partial charge in [-0.15, -0.1) is 0 Å². The first-order valence-electron chi connectivity index (χ1n) is 7.59. The fourth-order valence-electron chi connectivity index (χ4n) is 3.29. The molecule has 1 N–H and O–H groups in total. The molecule has 0 bridgehead atoms. The number of ether oxygens (including phenoxy) is 1. The minimum atomic E-state index is -0.314. The van der Waals surface area contributed by atoms with Gasteiger partial charge in [0, 0.05) is 12.3 Å². The van der Waals surface area contributed by atoms with Gasteiger partial charge in [-0.25, -0.2) is 4.79 Å². The Hall–Kier alpha value is -1.35. The SMILES string of the molecule is CC[C@@]1(OC(=O)c2ccccc2)C[C@@H](C)[NH+](C)C[C@@H]1C. The molecule has 3 heteroatoms. The van der Waals surface area contributed by atoms with Crippen LogP contribution in [0.2, 0.25) is 0 Å². The lowest BCUT2D eigenvalue weighted by atomic mass is 9.77. The van der Waals surface area contributed by atoms with Crippen LogP contribution in [0, 0.1) is 5.92 Å². The molecule has 0 aromatic heterocycles. The standard InChI is InChI=1S/C17H25NO2/c1-5-17(11-14(3)18(4)12-13(17)2)20-16(19)15-9-7-6-8-10-15/h6-10,13-14H,5,11-12H2,1-4H3/p+1/t13-,14+,17+/m0/s1. The molecule has 1 aromatic carbocycles. The summed E-state index contributed by atoms with van der Waals surface area (Å²) < 4.78 is 5.99. The van der Waals surface area contributed by atoms with Crippen LogP contribution in [0.25, 0.3) is 0 Å². The summed E-state index contributed by atoms with van der Waals surface area (Å²) >= 11 is 0. The molecular formula is C17H26NO2+. The van der Waals surface area contributed by atoms with Gasteiger partial charge in [0.15, 0.2) is 0 Å². The van der Waals surface area contributed by atoms with Crippen molar-refractivity contribution >= 4 is 5.97 Å². The predicted molar refractivity (Wildman–Crippen MR) is 79.9 cm³/mol. The second-order valence-corrected chi connectivity index (χ2v) is 6.23. The first-order valence-corrected chi connectivity index (χ1v) is 7.59. The summed E-state index contributed by atoms with van der Waals surface area (Å²) in [6.07, 6.45) is 1.82. The third-order valence-electron chi connectivity index (χ3n) is 4.92. The smallest absolute Gasteiger partial charge is 0.338 e. The van der Waals surface area contributed by atoms with Crippen molar-refractivity contribution in [3.8, 4) is 0 Å². The van der Waals surface area contributed by atoms with Crippen LogP contribution in [0.3, 0.4) is 0 Å². The lowest BCUT2D eigenvalue weighted by Gasteiger charge is -2.45. The third-order valence-corrected chi connectivity index (χ3v) is 4.92. The van der Waals surface area contributed by atoms with E-state index in [0.717, 1.165) is 19.4 Å². The van der Waals surface area contributed by atoms with Crippen LogP contribution in [0.4, 0.5) is 0 Å². The Bertz CT molecular complexity index is 459. The average molecular weight is 276 g/mol. The number of piperidine rings is 1. The van der Waals surface area contributed by atoms with Crippen molar-refractivity contribution in [2.75, 3.05) is 13.6 Å². The van der Waals surface area contributed by atoms with E-state index in [1.807, 2.05) is 30.3 Å². The van der Waals surface area contributed by atoms with Crippen LogP contribution in [0.1, 0.15) is 44.0 Å². The highest BCUT2D eigenvalue weighted by molar-refractivity contribution is 5.89. The molecule has 0 saturated carbocycles. The van der Waals surface area contributed by atoms with Gasteiger partial charge in [-0.1, -0.05) is 32.0 Å². The number of likely N-dealkylation sites (tertiary alicyclic amines) is 1. The van der Waals surface area contributed by atoms with Gasteiger partial charge in [0.25, 0.3) is 0 Å². The van der Waals surface area contributed by atoms with E-state index in [1.54, 1.807) is 0 Å². The average Bonchev–Trinajstić information content (AvgIpc) is 2.45. The Morgan fingerprint density at radius 3 is 2.60 bits per heavy atom. The van der Waals surface area contributed by atoms with Crippen molar-refractivity contribution in [2.24, 2.45) is 5.92 Å². The van der Waals surface area contributed by atoms with Crippen molar-refractivity contribution < 1.29 is 14.4 Å². The van der Waals surface area contributed by atoms with E-state index in [9.17, 15) is 4.79 Å². The summed E-state index contributed by atoms with van der Waals surface area (Å²) in [7, 11) is 2.22. The second-order valence-electron chi connectivity index (χ2n) is 6.23. The molecule has 0 aliphatic carbocycles. The molecule has 0 radical (unpaired) electrons. The lowest BCUT2D eigenvalue weighted by Crippen LogP contribution is -3.15. The fraction of sp³-hybridized carbons (Fsp3) is 0.588. The monoisotopic (exact) mass is 276 g/mol. The number of hydrogen-bond acceptors (Lipinski definition) is 2. The van der Waals surface area contributed by atoms with Crippen LogP contribution >= 0.6 is 0 Å². The molecule has 1 saturated heterocycles. The first-order chi connectivity index (χ1) is 9.48. The van der Waals surface area contributed by atoms with Crippen LogP contribution in [0.5, 0.6) is 0 Å². The van der Waals surface area contributed by atoms with Crippen molar-refractivity contribution in [1.29, 1.82) is 0 Å². The van der Waals surface area contributed by atoms with Crippen LogP contribution in [-0.2, 0) is 4.74 Å². The topological polar surface area (TPSA) is 30.7 Å². The molecule has 20 heavy (non-hydrogen) atoms. The minimum Gasteiger partial charge on any atom is -0.455 e. The Morgan fingerprint density at radius 1 is 1.35 bits per heavy atom. The van der Waals surface area contributed by atoms with Crippen LogP contribution in [0.15, 0.2) is 30.3 Å². The molecule has 0 spiro atoms. The number of esters is 1. The Morgan fingerprint density at radius 2 is 2.00 bits per heavy atom. The van der Waals surface area contributed by atoms with E-state index >= 15 is 0 Å². The minimum absolute atomic E-state index is 0.189.